The number of carbonyl (C=O) groups is 2. The number of carbonyl (C=O) groups excluding carboxylic acids is 2. The Morgan fingerprint density at radius 3 is 2.69 bits per heavy atom. The van der Waals surface area contributed by atoms with Crippen LogP contribution in [0.15, 0.2) is 36.0 Å². The van der Waals surface area contributed by atoms with E-state index in [-0.39, 0.29) is 11.8 Å². The van der Waals surface area contributed by atoms with Gasteiger partial charge in [-0.05, 0) is 12.0 Å². The predicted molar refractivity (Wildman–Crippen MR) is 47.6 cm³/mol. The molecular formula is C10H9NO2. The molecule has 1 saturated heterocycles. The number of rotatable bonds is 1. The van der Waals surface area contributed by atoms with Gasteiger partial charge in [-0.3, -0.25) is 14.9 Å². The molecule has 0 bridgehead atoms. The van der Waals surface area contributed by atoms with Crippen molar-refractivity contribution < 1.29 is 9.59 Å². The third-order valence-corrected chi connectivity index (χ3v) is 2.31. The second kappa shape index (κ2) is 2.69. The first-order chi connectivity index (χ1) is 6.20. The Morgan fingerprint density at radius 2 is 2.23 bits per heavy atom. The Morgan fingerprint density at radius 1 is 1.46 bits per heavy atom. The molecule has 2 amide bonds. The lowest BCUT2D eigenvalue weighted by Crippen LogP contribution is -2.22. The van der Waals surface area contributed by atoms with E-state index in [1.807, 2.05) is 18.2 Å². The van der Waals surface area contributed by atoms with Crippen LogP contribution in [0.2, 0.25) is 0 Å². The van der Waals surface area contributed by atoms with E-state index < -0.39 is 5.92 Å². The summed E-state index contributed by atoms with van der Waals surface area (Å²) in [4.78, 5) is 22.4. The van der Waals surface area contributed by atoms with E-state index >= 15 is 0 Å². The molecule has 1 heterocycles. The third kappa shape index (κ3) is 1.13. The van der Waals surface area contributed by atoms with Gasteiger partial charge in [0.2, 0.25) is 5.91 Å². The van der Waals surface area contributed by atoms with Gasteiger partial charge in [0.25, 0.3) is 5.91 Å². The van der Waals surface area contributed by atoms with Crippen molar-refractivity contribution in [3.05, 3.63) is 36.0 Å². The standard InChI is InChI=1S/C10H9NO2/c1-6-8(7-4-2-3-5-7)10(13)11-9(6)12/h2-4,8H,1,5H2,(H,11,12,13). The minimum atomic E-state index is -0.428. The van der Waals surface area contributed by atoms with Gasteiger partial charge in [0.15, 0.2) is 0 Å². The van der Waals surface area contributed by atoms with Crippen molar-refractivity contribution in [1.82, 2.24) is 5.32 Å². The minimum absolute atomic E-state index is 0.245. The molecule has 2 rings (SSSR count). The molecule has 1 aliphatic carbocycles. The monoisotopic (exact) mass is 175 g/mol. The van der Waals surface area contributed by atoms with Crippen LogP contribution in [0.5, 0.6) is 0 Å². The average molecular weight is 175 g/mol. The van der Waals surface area contributed by atoms with Gasteiger partial charge in [-0.1, -0.05) is 24.8 Å². The molecule has 2 aliphatic rings. The fraction of sp³-hybridized carbons (Fsp3) is 0.200. The summed E-state index contributed by atoms with van der Waals surface area (Å²) in [5, 5.41) is 2.25. The lowest BCUT2D eigenvalue weighted by atomic mass is 9.93. The van der Waals surface area contributed by atoms with Gasteiger partial charge in [-0.2, -0.15) is 0 Å². The van der Waals surface area contributed by atoms with Crippen LogP contribution in [0, 0.1) is 5.92 Å². The fourth-order valence-electron chi connectivity index (χ4n) is 1.62. The van der Waals surface area contributed by atoms with Crippen LogP contribution < -0.4 is 5.32 Å². The molecule has 66 valence electrons. The SMILES string of the molecule is C=C1C(=O)NC(=O)C1C1=CC=CC1. The van der Waals surface area contributed by atoms with E-state index in [9.17, 15) is 9.59 Å². The van der Waals surface area contributed by atoms with E-state index in [2.05, 4.69) is 11.9 Å². The van der Waals surface area contributed by atoms with Gasteiger partial charge in [-0.15, -0.1) is 0 Å². The maximum atomic E-state index is 11.3. The Bertz CT molecular complexity index is 363. The number of amides is 2. The molecule has 1 atom stereocenters. The summed E-state index contributed by atoms with van der Waals surface area (Å²) in [5.74, 6) is -1.02. The summed E-state index contributed by atoms with van der Waals surface area (Å²) in [6, 6.07) is 0. The van der Waals surface area contributed by atoms with E-state index in [1.165, 1.54) is 0 Å². The molecule has 0 aromatic carbocycles. The van der Waals surface area contributed by atoms with E-state index in [0.29, 0.717) is 5.57 Å². The maximum Gasteiger partial charge on any atom is 0.254 e. The Balaban J connectivity index is 2.29. The molecule has 1 aliphatic heterocycles. The number of hydrogen-bond donors (Lipinski definition) is 1. The van der Waals surface area contributed by atoms with Crippen LogP contribution in [0.3, 0.4) is 0 Å². The molecule has 0 saturated carbocycles. The van der Waals surface area contributed by atoms with Crippen molar-refractivity contribution in [2.24, 2.45) is 5.92 Å². The summed E-state index contributed by atoms with van der Waals surface area (Å²) in [6.07, 6.45) is 6.45. The summed E-state index contributed by atoms with van der Waals surface area (Å²) in [7, 11) is 0. The lowest BCUT2D eigenvalue weighted by Gasteiger charge is -2.07. The summed E-state index contributed by atoms with van der Waals surface area (Å²) in [6.45, 7) is 3.61. The van der Waals surface area contributed by atoms with Crippen LogP contribution in [-0.2, 0) is 9.59 Å². The molecule has 1 unspecified atom stereocenters. The normalized spacial score (nSPS) is 26.6. The van der Waals surface area contributed by atoms with Crippen LogP contribution in [0.4, 0.5) is 0 Å². The zero-order valence-electron chi connectivity index (χ0n) is 7.04. The van der Waals surface area contributed by atoms with Crippen LogP contribution in [0.1, 0.15) is 6.42 Å². The topological polar surface area (TPSA) is 46.2 Å². The average Bonchev–Trinajstić information content (AvgIpc) is 2.63. The fourth-order valence-corrected chi connectivity index (χ4v) is 1.62. The molecule has 3 nitrogen and oxygen atoms in total. The molecule has 3 heteroatoms. The summed E-state index contributed by atoms with van der Waals surface area (Å²) < 4.78 is 0. The highest BCUT2D eigenvalue weighted by Gasteiger charge is 2.36. The maximum absolute atomic E-state index is 11.3. The predicted octanol–water partition coefficient (Wildman–Crippen LogP) is 0.702. The van der Waals surface area contributed by atoms with Crippen molar-refractivity contribution in [3.8, 4) is 0 Å². The molecule has 0 aromatic heterocycles. The third-order valence-electron chi connectivity index (χ3n) is 2.31. The highest BCUT2D eigenvalue weighted by molar-refractivity contribution is 6.15. The van der Waals surface area contributed by atoms with Crippen molar-refractivity contribution in [2.75, 3.05) is 0 Å². The van der Waals surface area contributed by atoms with Crippen molar-refractivity contribution >= 4 is 11.8 Å². The van der Waals surface area contributed by atoms with Crippen LogP contribution >= 0.6 is 0 Å². The zero-order chi connectivity index (χ0) is 9.42. The lowest BCUT2D eigenvalue weighted by molar-refractivity contribution is -0.125. The first-order valence-electron chi connectivity index (χ1n) is 4.09. The highest BCUT2D eigenvalue weighted by Crippen LogP contribution is 2.29. The van der Waals surface area contributed by atoms with Gasteiger partial charge in [0, 0.05) is 5.57 Å². The Labute approximate surface area is 75.8 Å². The summed E-state index contributed by atoms with van der Waals surface area (Å²) in [5.41, 5.74) is 1.31. The first kappa shape index (κ1) is 7.98. The van der Waals surface area contributed by atoms with Crippen molar-refractivity contribution in [2.45, 2.75) is 6.42 Å². The minimum Gasteiger partial charge on any atom is -0.292 e. The second-order valence-electron chi connectivity index (χ2n) is 3.15. The molecule has 13 heavy (non-hydrogen) atoms. The molecule has 1 N–H and O–H groups in total. The van der Waals surface area contributed by atoms with Gasteiger partial charge in [0.05, 0.1) is 5.92 Å². The molecule has 1 fully saturated rings. The largest absolute Gasteiger partial charge is 0.292 e. The van der Waals surface area contributed by atoms with Crippen molar-refractivity contribution in [1.29, 1.82) is 0 Å². The Hall–Kier alpha value is -1.64. The number of hydrogen-bond acceptors (Lipinski definition) is 2. The molecule has 0 radical (unpaired) electrons. The van der Waals surface area contributed by atoms with E-state index in [0.717, 1.165) is 12.0 Å². The van der Waals surface area contributed by atoms with Gasteiger partial charge in [0.1, 0.15) is 0 Å². The second-order valence-corrected chi connectivity index (χ2v) is 3.15. The molecular weight excluding hydrogens is 166 g/mol. The van der Waals surface area contributed by atoms with Gasteiger partial charge >= 0.3 is 0 Å². The van der Waals surface area contributed by atoms with Gasteiger partial charge in [-0.25, -0.2) is 0 Å². The molecule has 0 spiro atoms. The van der Waals surface area contributed by atoms with Gasteiger partial charge < -0.3 is 0 Å². The number of nitrogens with one attached hydrogen (secondary N) is 1. The quantitative estimate of drug-likeness (QED) is 0.471. The van der Waals surface area contributed by atoms with E-state index in [1.54, 1.807) is 0 Å². The smallest absolute Gasteiger partial charge is 0.254 e. The van der Waals surface area contributed by atoms with Crippen molar-refractivity contribution in [3.63, 3.8) is 0 Å². The number of imide groups is 1. The zero-order valence-corrected chi connectivity index (χ0v) is 7.04. The Kier molecular flexibility index (Phi) is 1.65. The number of allylic oxidation sites excluding steroid dienone is 3. The summed E-state index contributed by atoms with van der Waals surface area (Å²) >= 11 is 0. The first-order valence-corrected chi connectivity index (χ1v) is 4.09. The highest BCUT2D eigenvalue weighted by atomic mass is 16.2. The van der Waals surface area contributed by atoms with E-state index in [4.69, 9.17) is 0 Å². The van der Waals surface area contributed by atoms with Crippen LogP contribution in [-0.4, -0.2) is 11.8 Å². The van der Waals surface area contributed by atoms with Crippen LogP contribution in [0.25, 0.3) is 0 Å². The molecule has 0 aromatic rings.